The molecular weight excluding hydrogens is 472 g/mol. The number of benzene rings is 6. The average molecular weight is 499 g/mol. The maximum Gasteiger partial charge on any atom is 0.0541 e. The van der Waals surface area contributed by atoms with Gasteiger partial charge in [-0.1, -0.05) is 97.1 Å². The molecule has 7 aromatic rings. The third-order valence-electron chi connectivity index (χ3n) is 8.21. The van der Waals surface area contributed by atoms with Crippen LogP contribution >= 0.6 is 0 Å². The fourth-order valence-electron chi connectivity index (χ4n) is 6.46. The lowest BCUT2D eigenvalue weighted by Gasteiger charge is -2.18. The van der Waals surface area contributed by atoms with Crippen LogP contribution in [0.1, 0.15) is 11.1 Å². The summed E-state index contributed by atoms with van der Waals surface area (Å²) in [4.78, 5) is 0. The number of rotatable bonds is 3. The predicted octanol–water partition coefficient (Wildman–Crippen LogP) is 9.27. The Hall–Kier alpha value is -5.08. The average Bonchev–Trinajstić information content (AvgIpc) is 3.53. The molecule has 0 saturated carbocycles. The zero-order chi connectivity index (χ0) is 25.9. The van der Waals surface area contributed by atoms with Crippen molar-refractivity contribution in [1.29, 1.82) is 0 Å². The van der Waals surface area contributed by atoms with Gasteiger partial charge in [0.15, 0.2) is 0 Å². The van der Waals surface area contributed by atoms with E-state index < -0.39 is 0 Å². The number of aromatic nitrogens is 1. The van der Waals surface area contributed by atoms with E-state index in [1.165, 1.54) is 49.6 Å². The summed E-state index contributed by atoms with van der Waals surface area (Å²) in [5.41, 5.74) is 21.4. The van der Waals surface area contributed by atoms with Crippen LogP contribution in [-0.4, -0.2) is 4.57 Å². The first-order valence-corrected chi connectivity index (χ1v) is 13.5. The Morgan fingerprint density at radius 1 is 0.513 bits per heavy atom. The highest BCUT2D eigenvalue weighted by Gasteiger charge is 2.26. The highest BCUT2D eigenvalue weighted by molar-refractivity contribution is 6.11. The molecule has 0 atom stereocenters. The minimum absolute atomic E-state index is 0.846. The van der Waals surface area contributed by atoms with E-state index in [4.69, 9.17) is 5.73 Å². The van der Waals surface area contributed by atoms with Crippen LogP contribution < -0.4 is 5.73 Å². The molecule has 0 radical (unpaired) electrons. The summed E-state index contributed by atoms with van der Waals surface area (Å²) in [6, 6.07) is 47.7. The predicted molar refractivity (Wildman–Crippen MR) is 164 cm³/mol. The molecule has 2 heteroatoms. The van der Waals surface area contributed by atoms with Crippen molar-refractivity contribution in [3.63, 3.8) is 0 Å². The summed E-state index contributed by atoms with van der Waals surface area (Å²) < 4.78 is 2.35. The lowest BCUT2D eigenvalue weighted by atomic mass is 9.88. The summed E-state index contributed by atoms with van der Waals surface area (Å²) in [5, 5.41) is 2.47. The van der Waals surface area contributed by atoms with Crippen LogP contribution in [0.25, 0.3) is 60.9 Å². The van der Waals surface area contributed by atoms with Gasteiger partial charge in [-0.3, -0.25) is 0 Å². The Morgan fingerprint density at radius 3 is 2.05 bits per heavy atom. The van der Waals surface area contributed by atoms with Gasteiger partial charge in [-0.25, -0.2) is 0 Å². The van der Waals surface area contributed by atoms with E-state index in [9.17, 15) is 0 Å². The molecule has 1 heterocycles. The van der Waals surface area contributed by atoms with E-state index >= 15 is 0 Å². The molecule has 1 aliphatic carbocycles. The Labute approximate surface area is 227 Å². The van der Waals surface area contributed by atoms with E-state index in [0.29, 0.717) is 0 Å². The van der Waals surface area contributed by atoms with Crippen LogP contribution in [0.3, 0.4) is 0 Å². The van der Waals surface area contributed by atoms with Gasteiger partial charge in [-0.05, 0) is 76.2 Å². The summed E-state index contributed by atoms with van der Waals surface area (Å²) in [6.07, 6.45) is 0.907. The van der Waals surface area contributed by atoms with Gasteiger partial charge in [0.2, 0.25) is 0 Å². The standard InChI is InChI=1S/C37H26N2/c38-37-30(23-31-28-16-8-7-13-25(28)22-33(31)36(37)24-11-3-1-4-12-24)26-19-20-35-32(21-26)29-17-9-10-18-34(29)39(35)27-14-5-2-6-15-27/h1-21,23H,22,38H2. The molecule has 184 valence electrons. The second-order valence-corrected chi connectivity index (χ2v) is 10.4. The van der Waals surface area contributed by atoms with Crippen LogP contribution in [0.2, 0.25) is 0 Å². The molecule has 1 aliphatic rings. The minimum Gasteiger partial charge on any atom is -0.398 e. The fourth-order valence-corrected chi connectivity index (χ4v) is 6.46. The van der Waals surface area contributed by atoms with E-state index in [-0.39, 0.29) is 0 Å². The molecule has 6 aromatic carbocycles. The Bertz CT molecular complexity index is 2030. The molecule has 1 aromatic heterocycles. The second-order valence-electron chi connectivity index (χ2n) is 10.4. The maximum absolute atomic E-state index is 7.10. The van der Waals surface area contributed by atoms with Gasteiger partial charge < -0.3 is 10.3 Å². The zero-order valence-corrected chi connectivity index (χ0v) is 21.4. The van der Waals surface area contributed by atoms with Gasteiger partial charge in [-0.2, -0.15) is 0 Å². The van der Waals surface area contributed by atoms with Crippen LogP contribution in [-0.2, 0) is 6.42 Å². The molecule has 0 unspecified atom stereocenters. The van der Waals surface area contributed by atoms with E-state index in [1.54, 1.807) is 0 Å². The Kier molecular flexibility index (Phi) is 4.77. The Morgan fingerprint density at radius 2 is 1.21 bits per heavy atom. The molecule has 2 N–H and O–H groups in total. The molecule has 0 aliphatic heterocycles. The molecule has 39 heavy (non-hydrogen) atoms. The zero-order valence-electron chi connectivity index (χ0n) is 21.4. The lowest BCUT2D eigenvalue weighted by Crippen LogP contribution is -1.99. The first-order valence-electron chi connectivity index (χ1n) is 13.5. The number of nitrogen functional groups attached to an aromatic ring is 1. The third kappa shape index (κ3) is 3.28. The molecular formula is C37H26N2. The fraction of sp³-hybridized carbons (Fsp3) is 0.0270. The highest BCUT2D eigenvalue weighted by atomic mass is 15.0. The van der Waals surface area contributed by atoms with Gasteiger partial charge in [-0.15, -0.1) is 0 Å². The van der Waals surface area contributed by atoms with Crippen molar-refractivity contribution in [2.45, 2.75) is 6.42 Å². The van der Waals surface area contributed by atoms with Crippen LogP contribution in [0, 0.1) is 0 Å². The van der Waals surface area contributed by atoms with Crippen molar-refractivity contribution in [2.75, 3.05) is 5.73 Å². The van der Waals surface area contributed by atoms with Crippen molar-refractivity contribution >= 4 is 27.5 Å². The Balaban J connectivity index is 1.41. The molecule has 2 nitrogen and oxygen atoms in total. The van der Waals surface area contributed by atoms with Crippen LogP contribution in [0.4, 0.5) is 5.69 Å². The quantitative estimate of drug-likeness (QED) is 0.242. The summed E-state index contributed by atoms with van der Waals surface area (Å²) in [6.45, 7) is 0. The van der Waals surface area contributed by atoms with E-state index in [1.807, 2.05) is 0 Å². The van der Waals surface area contributed by atoms with Crippen molar-refractivity contribution in [3.8, 4) is 39.1 Å². The normalized spacial score (nSPS) is 12.1. The first-order chi connectivity index (χ1) is 19.3. The number of nitrogens with zero attached hydrogens (tertiary/aromatic N) is 1. The number of anilines is 1. The SMILES string of the molecule is Nc1c(-c2ccc3c(c2)c2ccccc2n3-c2ccccc2)cc2c(c1-c1ccccc1)Cc1ccccc1-2. The van der Waals surface area contributed by atoms with Gasteiger partial charge in [0.05, 0.1) is 11.0 Å². The molecule has 8 rings (SSSR count). The van der Waals surface area contributed by atoms with Gasteiger partial charge in [0.25, 0.3) is 0 Å². The molecule has 0 fully saturated rings. The summed E-state index contributed by atoms with van der Waals surface area (Å²) >= 11 is 0. The lowest BCUT2D eigenvalue weighted by molar-refractivity contribution is 1.18. The number of hydrogen-bond donors (Lipinski definition) is 1. The summed E-state index contributed by atoms with van der Waals surface area (Å²) in [5.74, 6) is 0. The van der Waals surface area contributed by atoms with Crippen LogP contribution in [0.5, 0.6) is 0 Å². The van der Waals surface area contributed by atoms with Gasteiger partial charge in [0.1, 0.15) is 0 Å². The number of nitrogens with two attached hydrogens (primary N) is 1. The number of hydrogen-bond acceptors (Lipinski definition) is 1. The maximum atomic E-state index is 7.10. The molecule has 0 amide bonds. The largest absolute Gasteiger partial charge is 0.398 e. The third-order valence-corrected chi connectivity index (χ3v) is 8.21. The van der Waals surface area contributed by atoms with Gasteiger partial charge >= 0.3 is 0 Å². The minimum atomic E-state index is 0.846. The monoisotopic (exact) mass is 498 g/mol. The van der Waals surface area contributed by atoms with E-state index in [2.05, 4.69) is 138 Å². The van der Waals surface area contributed by atoms with Crippen molar-refractivity contribution in [1.82, 2.24) is 4.57 Å². The highest BCUT2D eigenvalue weighted by Crippen LogP contribution is 2.48. The molecule has 0 saturated heterocycles. The van der Waals surface area contributed by atoms with Crippen LogP contribution in [0.15, 0.2) is 133 Å². The smallest absolute Gasteiger partial charge is 0.0541 e. The van der Waals surface area contributed by atoms with Gasteiger partial charge in [0, 0.05) is 33.3 Å². The molecule has 0 bridgehead atoms. The number of fused-ring (bicyclic) bond motifs is 6. The topological polar surface area (TPSA) is 30.9 Å². The second kappa shape index (κ2) is 8.47. The summed E-state index contributed by atoms with van der Waals surface area (Å²) in [7, 11) is 0. The van der Waals surface area contributed by atoms with Crippen molar-refractivity contribution in [3.05, 3.63) is 145 Å². The van der Waals surface area contributed by atoms with E-state index in [0.717, 1.165) is 34.5 Å². The van der Waals surface area contributed by atoms with Crippen molar-refractivity contribution < 1.29 is 0 Å². The first kappa shape index (κ1) is 22.0. The molecule has 0 spiro atoms. The van der Waals surface area contributed by atoms with Crippen molar-refractivity contribution in [2.24, 2.45) is 0 Å². The number of para-hydroxylation sites is 2.